The molecule has 0 fully saturated rings. The van der Waals surface area contributed by atoms with Gasteiger partial charge in [-0.2, -0.15) is 0 Å². The van der Waals surface area contributed by atoms with Crippen LogP contribution in [0.2, 0.25) is 0 Å². The number of aromatic nitrogens is 2. The lowest BCUT2D eigenvalue weighted by molar-refractivity contribution is 0.0982. The molecule has 3 aromatic rings. The first-order valence-corrected chi connectivity index (χ1v) is 9.71. The van der Waals surface area contributed by atoms with Crippen LogP contribution >= 0.6 is 27.7 Å². The molecule has 0 spiro atoms. The van der Waals surface area contributed by atoms with Gasteiger partial charge in [0, 0.05) is 29.3 Å². The Balaban J connectivity index is 1.61. The number of benzene rings is 2. The van der Waals surface area contributed by atoms with Crippen molar-refractivity contribution in [2.75, 3.05) is 5.75 Å². The van der Waals surface area contributed by atoms with Gasteiger partial charge in [0.05, 0.1) is 10.9 Å². The molecule has 4 nitrogen and oxygen atoms in total. The molecule has 0 bridgehead atoms. The van der Waals surface area contributed by atoms with Gasteiger partial charge in [-0.05, 0) is 30.7 Å². The molecule has 0 amide bonds. The predicted molar refractivity (Wildman–Crippen MR) is 105 cm³/mol. The smallest absolute Gasteiger partial charge is 0.261 e. The van der Waals surface area contributed by atoms with E-state index in [1.54, 1.807) is 17.7 Å². The maximum absolute atomic E-state index is 12.4. The SMILES string of the molecule is Cn1c(SCCCC(=O)c2ccc(Br)cc2)nc2ccccc2c1=O. The molecule has 0 N–H and O–H groups in total. The van der Waals surface area contributed by atoms with Gasteiger partial charge in [0.25, 0.3) is 5.56 Å². The van der Waals surface area contributed by atoms with E-state index in [9.17, 15) is 9.59 Å². The molecular formula is C19H17BrN2O2S. The van der Waals surface area contributed by atoms with Crippen molar-refractivity contribution >= 4 is 44.4 Å². The van der Waals surface area contributed by atoms with Crippen molar-refractivity contribution in [3.8, 4) is 0 Å². The lowest BCUT2D eigenvalue weighted by atomic mass is 10.1. The lowest BCUT2D eigenvalue weighted by Gasteiger charge is -2.08. The van der Waals surface area contributed by atoms with E-state index in [1.165, 1.54) is 11.8 Å². The lowest BCUT2D eigenvalue weighted by Crippen LogP contribution is -2.20. The molecule has 128 valence electrons. The Bertz CT molecular complexity index is 967. The van der Waals surface area contributed by atoms with E-state index in [-0.39, 0.29) is 11.3 Å². The summed E-state index contributed by atoms with van der Waals surface area (Å²) in [5.74, 6) is 0.870. The molecule has 3 rings (SSSR count). The van der Waals surface area contributed by atoms with E-state index in [2.05, 4.69) is 20.9 Å². The normalized spacial score (nSPS) is 11.0. The highest BCUT2D eigenvalue weighted by Gasteiger charge is 2.09. The predicted octanol–water partition coefficient (Wildman–Crippen LogP) is 4.45. The number of nitrogens with zero attached hydrogens (tertiary/aromatic N) is 2. The van der Waals surface area contributed by atoms with Gasteiger partial charge < -0.3 is 0 Å². The van der Waals surface area contributed by atoms with E-state index in [0.29, 0.717) is 22.5 Å². The Hall–Kier alpha value is -1.92. The zero-order chi connectivity index (χ0) is 17.8. The zero-order valence-electron chi connectivity index (χ0n) is 13.7. The van der Waals surface area contributed by atoms with Crippen LogP contribution in [-0.2, 0) is 7.05 Å². The van der Waals surface area contributed by atoms with Crippen molar-refractivity contribution in [3.05, 3.63) is 68.9 Å². The second-order valence-corrected chi connectivity index (χ2v) is 7.64. The number of Topliss-reactive ketones (excluding diaryl/α,β-unsaturated/α-hetero) is 1. The number of fused-ring (bicyclic) bond motifs is 1. The van der Waals surface area contributed by atoms with E-state index in [4.69, 9.17) is 0 Å². The van der Waals surface area contributed by atoms with E-state index in [0.717, 1.165) is 22.2 Å². The fourth-order valence-electron chi connectivity index (χ4n) is 2.50. The molecule has 0 aliphatic rings. The van der Waals surface area contributed by atoms with Gasteiger partial charge in [0.1, 0.15) is 0 Å². The average molecular weight is 417 g/mol. The van der Waals surface area contributed by atoms with Crippen molar-refractivity contribution in [2.24, 2.45) is 7.05 Å². The molecule has 0 saturated heterocycles. The summed E-state index contributed by atoms with van der Waals surface area (Å²) in [5, 5.41) is 1.31. The number of hydrogen-bond acceptors (Lipinski definition) is 4. The number of ketones is 1. The Labute approximate surface area is 158 Å². The van der Waals surface area contributed by atoms with Crippen molar-refractivity contribution in [3.63, 3.8) is 0 Å². The van der Waals surface area contributed by atoms with E-state index in [1.807, 2.05) is 42.5 Å². The largest absolute Gasteiger partial charge is 0.294 e. The maximum Gasteiger partial charge on any atom is 0.261 e. The summed E-state index contributed by atoms with van der Waals surface area (Å²) in [5.41, 5.74) is 1.39. The van der Waals surface area contributed by atoms with Crippen LogP contribution in [0.3, 0.4) is 0 Å². The Morgan fingerprint density at radius 3 is 2.64 bits per heavy atom. The number of carbonyl (C=O) groups is 1. The third kappa shape index (κ3) is 4.19. The van der Waals surface area contributed by atoms with Gasteiger partial charge in [-0.25, -0.2) is 4.98 Å². The first-order valence-electron chi connectivity index (χ1n) is 7.93. The molecular weight excluding hydrogens is 400 g/mol. The first kappa shape index (κ1) is 17.9. The molecule has 1 aromatic heterocycles. The summed E-state index contributed by atoms with van der Waals surface area (Å²) in [6.45, 7) is 0. The summed E-state index contributed by atoms with van der Waals surface area (Å²) in [4.78, 5) is 29.1. The van der Waals surface area contributed by atoms with E-state index >= 15 is 0 Å². The minimum absolute atomic E-state index is 0.0426. The minimum atomic E-state index is -0.0426. The van der Waals surface area contributed by atoms with E-state index < -0.39 is 0 Å². The first-order chi connectivity index (χ1) is 12.1. The molecule has 0 aliphatic carbocycles. The average Bonchev–Trinajstić information content (AvgIpc) is 2.63. The number of hydrogen-bond donors (Lipinski definition) is 0. The highest BCUT2D eigenvalue weighted by Crippen LogP contribution is 2.19. The molecule has 0 atom stereocenters. The second-order valence-electron chi connectivity index (χ2n) is 5.66. The molecule has 0 unspecified atom stereocenters. The van der Waals surface area contributed by atoms with Gasteiger partial charge in [-0.1, -0.05) is 52.0 Å². The Morgan fingerprint density at radius 1 is 1.16 bits per heavy atom. The number of thioether (sulfide) groups is 1. The number of halogens is 1. The summed E-state index contributed by atoms with van der Waals surface area (Å²) in [6, 6.07) is 14.7. The summed E-state index contributed by atoms with van der Waals surface area (Å²) in [6.07, 6.45) is 1.22. The molecule has 0 radical (unpaired) electrons. The topological polar surface area (TPSA) is 52.0 Å². The quantitative estimate of drug-likeness (QED) is 0.257. The van der Waals surface area contributed by atoms with Crippen LogP contribution in [0.5, 0.6) is 0 Å². The monoisotopic (exact) mass is 416 g/mol. The number of carbonyl (C=O) groups excluding carboxylic acids is 1. The van der Waals surface area contributed by atoms with Gasteiger partial charge in [0.2, 0.25) is 0 Å². The van der Waals surface area contributed by atoms with Crippen LogP contribution in [0.25, 0.3) is 10.9 Å². The molecule has 0 aliphatic heterocycles. The third-order valence-corrected chi connectivity index (χ3v) is 5.53. The van der Waals surface area contributed by atoms with Gasteiger partial charge in [-0.3, -0.25) is 14.2 Å². The highest BCUT2D eigenvalue weighted by atomic mass is 79.9. The fourth-order valence-corrected chi connectivity index (χ4v) is 3.68. The summed E-state index contributed by atoms with van der Waals surface area (Å²) >= 11 is 4.87. The standard InChI is InChI=1S/C19H17BrN2O2S/c1-22-18(24)15-5-2-3-6-16(15)21-19(22)25-12-4-7-17(23)13-8-10-14(20)11-9-13/h2-3,5-6,8-11H,4,7,12H2,1H3. The van der Waals surface area contributed by atoms with Crippen LogP contribution in [-0.4, -0.2) is 21.1 Å². The minimum Gasteiger partial charge on any atom is -0.294 e. The Kier molecular flexibility index (Phi) is 5.71. The summed E-state index contributed by atoms with van der Waals surface area (Å²) in [7, 11) is 1.73. The molecule has 0 saturated carbocycles. The molecule has 2 aromatic carbocycles. The van der Waals surface area contributed by atoms with Crippen LogP contribution < -0.4 is 5.56 Å². The van der Waals surface area contributed by atoms with Crippen LogP contribution in [0, 0.1) is 0 Å². The fraction of sp³-hybridized carbons (Fsp3) is 0.211. The highest BCUT2D eigenvalue weighted by molar-refractivity contribution is 9.10. The van der Waals surface area contributed by atoms with Crippen molar-refractivity contribution < 1.29 is 4.79 Å². The molecule has 25 heavy (non-hydrogen) atoms. The second kappa shape index (κ2) is 7.97. The van der Waals surface area contributed by atoms with Gasteiger partial charge in [-0.15, -0.1) is 0 Å². The van der Waals surface area contributed by atoms with Crippen molar-refractivity contribution in [1.29, 1.82) is 0 Å². The van der Waals surface area contributed by atoms with Crippen LogP contribution in [0.4, 0.5) is 0 Å². The molecule has 6 heteroatoms. The Morgan fingerprint density at radius 2 is 1.88 bits per heavy atom. The molecule has 1 heterocycles. The third-order valence-electron chi connectivity index (χ3n) is 3.89. The van der Waals surface area contributed by atoms with Crippen LogP contribution in [0.1, 0.15) is 23.2 Å². The summed E-state index contributed by atoms with van der Waals surface area (Å²) < 4.78 is 2.53. The van der Waals surface area contributed by atoms with Gasteiger partial charge >= 0.3 is 0 Å². The van der Waals surface area contributed by atoms with Crippen molar-refractivity contribution in [2.45, 2.75) is 18.0 Å². The van der Waals surface area contributed by atoms with Crippen molar-refractivity contribution in [1.82, 2.24) is 9.55 Å². The number of para-hydroxylation sites is 1. The number of rotatable bonds is 6. The zero-order valence-corrected chi connectivity index (χ0v) is 16.1. The van der Waals surface area contributed by atoms with Crippen LogP contribution in [0.15, 0.2) is 63.0 Å². The van der Waals surface area contributed by atoms with Gasteiger partial charge in [0.15, 0.2) is 10.9 Å². The maximum atomic E-state index is 12.4.